The lowest BCUT2D eigenvalue weighted by Gasteiger charge is -2.06. The summed E-state index contributed by atoms with van der Waals surface area (Å²) in [5.41, 5.74) is 0.632. The van der Waals surface area contributed by atoms with Gasteiger partial charge in [-0.1, -0.05) is 6.92 Å². The van der Waals surface area contributed by atoms with Crippen molar-refractivity contribution in [3.63, 3.8) is 0 Å². The highest BCUT2D eigenvalue weighted by molar-refractivity contribution is 6.33. The molecule has 0 N–H and O–H groups in total. The van der Waals surface area contributed by atoms with Crippen molar-refractivity contribution in [2.24, 2.45) is 0 Å². The number of rotatable bonds is 4. The first-order valence-corrected chi connectivity index (χ1v) is 4.95. The molecule has 0 spiro atoms. The molecule has 0 bridgehead atoms. The smallest absolute Gasteiger partial charge is 0.180 e. The molecule has 1 aromatic rings. The summed E-state index contributed by atoms with van der Waals surface area (Å²) in [4.78, 5) is 11.6. The van der Waals surface area contributed by atoms with Gasteiger partial charge in [0.1, 0.15) is 5.75 Å². The molecule has 0 aliphatic rings. The summed E-state index contributed by atoms with van der Waals surface area (Å²) < 4.78 is 4.99. The highest BCUT2D eigenvalue weighted by Gasteiger charge is 2.14. The second-order valence-corrected chi connectivity index (χ2v) is 3.50. The number of ether oxygens (including phenoxy) is 1. The third-order valence-corrected chi connectivity index (χ3v) is 2.52. The van der Waals surface area contributed by atoms with E-state index in [1.54, 1.807) is 31.4 Å². The Hall–Kier alpha value is -1.02. The lowest BCUT2D eigenvalue weighted by molar-refractivity contribution is 0.0985. The van der Waals surface area contributed by atoms with E-state index in [1.165, 1.54) is 0 Å². The van der Waals surface area contributed by atoms with Crippen molar-refractivity contribution in [1.29, 1.82) is 0 Å². The van der Waals surface area contributed by atoms with Crippen LogP contribution in [-0.2, 0) is 0 Å². The molecule has 3 heteroatoms. The zero-order valence-corrected chi connectivity index (χ0v) is 9.04. The highest BCUT2D eigenvalue weighted by Crippen LogP contribution is 2.15. The van der Waals surface area contributed by atoms with Crippen LogP contribution in [0.1, 0.15) is 23.7 Å². The maximum Gasteiger partial charge on any atom is 0.180 e. The highest BCUT2D eigenvalue weighted by atomic mass is 35.5. The Bertz CT molecular complexity index is 306. The summed E-state index contributed by atoms with van der Waals surface area (Å²) in [5.74, 6) is 0.709. The van der Waals surface area contributed by atoms with Gasteiger partial charge < -0.3 is 4.74 Å². The topological polar surface area (TPSA) is 26.3 Å². The summed E-state index contributed by atoms with van der Waals surface area (Å²) in [6.07, 6.45) is 0.645. The summed E-state index contributed by atoms with van der Waals surface area (Å²) in [6, 6.07) is 6.97. The molecule has 0 radical (unpaired) electrons. The third kappa shape index (κ3) is 2.48. The van der Waals surface area contributed by atoms with Gasteiger partial charge in [0, 0.05) is 5.56 Å². The van der Waals surface area contributed by atoms with Gasteiger partial charge in [0.2, 0.25) is 0 Å². The predicted molar refractivity (Wildman–Crippen MR) is 57.3 cm³/mol. The van der Waals surface area contributed by atoms with Crippen LogP contribution in [0, 0.1) is 0 Å². The molecule has 2 nitrogen and oxygen atoms in total. The number of benzene rings is 1. The first-order valence-electron chi connectivity index (χ1n) is 4.51. The SMILES string of the molecule is CCC(Cl)C(=O)c1ccc(OC)cc1. The summed E-state index contributed by atoms with van der Waals surface area (Å²) in [5, 5.41) is -0.427. The lowest BCUT2D eigenvalue weighted by atomic mass is 10.1. The number of carbonyl (C=O) groups is 1. The largest absolute Gasteiger partial charge is 0.497 e. The normalized spacial score (nSPS) is 12.2. The molecule has 0 aromatic heterocycles. The van der Waals surface area contributed by atoms with Crippen molar-refractivity contribution in [3.8, 4) is 5.75 Å². The van der Waals surface area contributed by atoms with Crippen LogP contribution < -0.4 is 4.74 Å². The first-order chi connectivity index (χ1) is 6.69. The maximum absolute atomic E-state index is 11.6. The van der Waals surface area contributed by atoms with Crippen LogP contribution in [-0.4, -0.2) is 18.3 Å². The molecule has 0 saturated carbocycles. The van der Waals surface area contributed by atoms with Gasteiger partial charge in [-0.15, -0.1) is 11.6 Å². The number of halogens is 1. The summed E-state index contributed by atoms with van der Waals surface area (Å²) in [7, 11) is 1.59. The van der Waals surface area contributed by atoms with Gasteiger partial charge in [-0.25, -0.2) is 0 Å². The summed E-state index contributed by atoms with van der Waals surface area (Å²) >= 11 is 5.84. The number of ketones is 1. The Morgan fingerprint density at radius 3 is 2.43 bits per heavy atom. The standard InChI is InChI=1S/C11H13ClO2/c1-3-10(12)11(13)8-4-6-9(14-2)7-5-8/h4-7,10H,3H2,1-2H3. The molecule has 0 amide bonds. The van der Waals surface area contributed by atoms with E-state index >= 15 is 0 Å². The van der Waals surface area contributed by atoms with Crippen molar-refractivity contribution < 1.29 is 9.53 Å². The van der Waals surface area contributed by atoms with Gasteiger partial charge in [0.15, 0.2) is 5.78 Å². The fourth-order valence-corrected chi connectivity index (χ4v) is 1.25. The van der Waals surface area contributed by atoms with E-state index in [1.807, 2.05) is 6.92 Å². The van der Waals surface area contributed by atoms with Crippen molar-refractivity contribution in [2.75, 3.05) is 7.11 Å². The van der Waals surface area contributed by atoms with Crippen LogP contribution in [0.25, 0.3) is 0 Å². The van der Waals surface area contributed by atoms with Crippen LogP contribution in [0.4, 0.5) is 0 Å². The van der Waals surface area contributed by atoms with Crippen LogP contribution in [0.15, 0.2) is 24.3 Å². The van der Waals surface area contributed by atoms with E-state index in [4.69, 9.17) is 16.3 Å². The van der Waals surface area contributed by atoms with Crippen molar-refractivity contribution in [1.82, 2.24) is 0 Å². The van der Waals surface area contributed by atoms with Gasteiger partial charge >= 0.3 is 0 Å². The Kier molecular flexibility index (Phi) is 3.96. The molecular formula is C11H13ClO2. The molecule has 0 saturated heterocycles. The van der Waals surface area contributed by atoms with E-state index < -0.39 is 5.38 Å². The van der Waals surface area contributed by atoms with E-state index in [0.717, 1.165) is 5.75 Å². The number of hydrogen-bond acceptors (Lipinski definition) is 2. The van der Waals surface area contributed by atoms with Crippen molar-refractivity contribution >= 4 is 17.4 Å². The molecule has 0 aliphatic carbocycles. The first kappa shape index (κ1) is 11.1. The molecule has 0 fully saturated rings. The molecule has 1 unspecified atom stereocenters. The minimum Gasteiger partial charge on any atom is -0.497 e. The monoisotopic (exact) mass is 212 g/mol. The van der Waals surface area contributed by atoms with Crippen LogP contribution in [0.2, 0.25) is 0 Å². The molecule has 1 atom stereocenters. The Morgan fingerprint density at radius 1 is 1.43 bits per heavy atom. The average Bonchev–Trinajstić information content (AvgIpc) is 2.27. The van der Waals surface area contributed by atoms with Gasteiger partial charge in [-0.2, -0.15) is 0 Å². The Balaban J connectivity index is 2.81. The predicted octanol–water partition coefficient (Wildman–Crippen LogP) is 2.90. The van der Waals surface area contributed by atoms with Gasteiger partial charge in [0.25, 0.3) is 0 Å². The van der Waals surface area contributed by atoms with E-state index in [-0.39, 0.29) is 5.78 Å². The number of carbonyl (C=O) groups excluding carboxylic acids is 1. The van der Waals surface area contributed by atoms with Crippen LogP contribution in [0.3, 0.4) is 0 Å². The number of Topliss-reactive ketones (excluding diaryl/α,β-unsaturated/α-hetero) is 1. The number of alkyl halides is 1. The van der Waals surface area contributed by atoms with Crippen LogP contribution in [0.5, 0.6) is 5.75 Å². The quantitative estimate of drug-likeness (QED) is 0.567. The van der Waals surface area contributed by atoms with Crippen molar-refractivity contribution in [3.05, 3.63) is 29.8 Å². The molecule has 0 aliphatic heterocycles. The van der Waals surface area contributed by atoms with E-state index in [9.17, 15) is 4.79 Å². The fourth-order valence-electron chi connectivity index (χ4n) is 1.12. The van der Waals surface area contributed by atoms with E-state index in [2.05, 4.69) is 0 Å². The lowest BCUT2D eigenvalue weighted by Crippen LogP contribution is -2.13. The van der Waals surface area contributed by atoms with Gasteiger partial charge in [-0.3, -0.25) is 4.79 Å². The Morgan fingerprint density at radius 2 is 2.00 bits per heavy atom. The average molecular weight is 213 g/mol. The second kappa shape index (κ2) is 5.01. The zero-order valence-electron chi connectivity index (χ0n) is 8.29. The minimum absolute atomic E-state index is 0.0307. The Labute approximate surface area is 88.8 Å². The van der Waals surface area contributed by atoms with Crippen molar-refractivity contribution in [2.45, 2.75) is 18.7 Å². The maximum atomic E-state index is 11.6. The summed E-state index contributed by atoms with van der Waals surface area (Å²) in [6.45, 7) is 1.89. The van der Waals surface area contributed by atoms with Gasteiger partial charge in [-0.05, 0) is 30.7 Å². The van der Waals surface area contributed by atoms with Crippen LogP contribution >= 0.6 is 11.6 Å². The number of hydrogen-bond donors (Lipinski definition) is 0. The second-order valence-electron chi connectivity index (χ2n) is 2.97. The molecule has 1 rings (SSSR count). The molecular weight excluding hydrogens is 200 g/mol. The van der Waals surface area contributed by atoms with Gasteiger partial charge in [0.05, 0.1) is 12.5 Å². The molecule has 1 aromatic carbocycles. The third-order valence-electron chi connectivity index (χ3n) is 2.02. The zero-order chi connectivity index (χ0) is 10.6. The number of methoxy groups -OCH3 is 1. The molecule has 0 heterocycles. The molecule has 76 valence electrons. The van der Waals surface area contributed by atoms with E-state index in [0.29, 0.717) is 12.0 Å². The molecule has 14 heavy (non-hydrogen) atoms. The minimum atomic E-state index is -0.427. The fraction of sp³-hybridized carbons (Fsp3) is 0.364.